The summed E-state index contributed by atoms with van der Waals surface area (Å²) < 4.78 is 0.907. The SMILES string of the molecule is Cc1ccc(NC(=O)CN2CCN(c3ncnc4sccc34)CC2)c(Br)c1. The molecule has 140 valence electrons. The average molecular weight is 446 g/mol. The van der Waals surface area contributed by atoms with Gasteiger partial charge in [-0.3, -0.25) is 9.69 Å². The predicted molar refractivity (Wildman–Crippen MR) is 114 cm³/mol. The summed E-state index contributed by atoms with van der Waals surface area (Å²) in [4.78, 5) is 26.7. The molecule has 1 fully saturated rings. The second kappa shape index (κ2) is 7.92. The predicted octanol–water partition coefficient (Wildman–Crippen LogP) is 3.52. The second-order valence-corrected chi connectivity index (χ2v) is 8.38. The Kier molecular flexibility index (Phi) is 5.38. The number of carbonyl (C=O) groups is 1. The van der Waals surface area contributed by atoms with Crippen LogP contribution in [0.25, 0.3) is 10.2 Å². The van der Waals surface area contributed by atoms with Crippen molar-refractivity contribution in [1.29, 1.82) is 0 Å². The van der Waals surface area contributed by atoms with E-state index in [0.29, 0.717) is 6.54 Å². The van der Waals surface area contributed by atoms with E-state index < -0.39 is 0 Å². The lowest BCUT2D eigenvalue weighted by atomic mass is 10.2. The fourth-order valence-electron chi connectivity index (χ4n) is 3.26. The number of aromatic nitrogens is 2. The number of benzene rings is 1. The number of halogens is 1. The molecule has 0 bridgehead atoms. The van der Waals surface area contributed by atoms with Gasteiger partial charge in [-0.15, -0.1) is 11.3 Å². The van der Waals surface area contributed by atoms with Crippen LogP contribution in [0.3, 0.4) is 0 Å². The number of rotatable bonds is 4. The van der Waals surface area contributed by atoms with Gasteiger partial charge in [0.25, 0.3) is 0 Å². The van der Waals surface area contributed by atoms with Crippen LogP contribution in [0.15, 0.2) is 40.4 Å². The minimum absolute atomic E-state index is 0.00950. The van der Waals surface area contributed by atoms with Crippen molar-refractivity contribution in [2.45, 2.75) is 6.92 Å². The van der Waals surface area contributed by atoms with E-state index >= 15 is 0 Å². The van der Waals surface area contributed by atoms with Gasteiger partial charge in [0.05, 0.1) is 17.6 Å². The lowest BCUT2D eigenvalue weighted by Gasteiger charge is -2.35. The van der Waals surface area contributed by atoms with Gasteiger partial charge in [-0.1, -0.05) is 6.07 Å². The van der Waals surface area contributed by atoms with E-state index in [-0.39, 0.29) is 5.91 Å². The molecule has 0 spiro atoms. The average Bonchev–Trinajstić information content (AvgIpc) is 3.13. The molecule has 1 saturated heterocycles. The van der Waals surface area contributed by atoms with Gasteiger partial charge in [0.1, 0.15) is 17.0 Å². The third-order valence-corrected chi connectivity index (χ3v) is 6.16. The van der Waals surface area contributed by atoms with Gasteiger partial charge in [-0.05, 0) is 52.0 Å². The summed E-state index contributed by atoms with van der Waals surface area (Å²) in [6.07, 6.45) is 1.63. The Morgan fingerprint density at radius 1 is 1.22 bits per heavy atom. The standard InChI is InChI=1S/C19H20BrN5OS/c1-13-2-3-16(15(20)10-13)23-17(26)11-24-5-7-25(8-6-24)18-14-4-9-27-19(14)22-12-21-18/h2-4,9-10,12H,5-8,11H2,1H3,(H,23,26). The fourth-order valence-corrected chi connectivity index (χ4v) is 4.58. The number of amides is 1. The van der Waals surface area contributed by atoms with Crippen LogP contribution < -0.4 is 10.2 Å². The van der Waals surface area contributed by atoms with Gasteiger partial charge in [0.2, 0.25) is 5.91 Å². The number of fused-ring (bicyclic) bond motifs is 1. The van der Waals surface area contributed by atoms with Crippen LogP contribution in [0.1, 0.15) is 5.56 Å². The first-order valence-electron chi connectivity index (χ1n) is 8.81. The highest BCUT2D eigenvalue weighted by Gasteiger charge is 2.21. The smallest absolute Gasteiger partial charge is 0.238 e. The van der Waals surface area contributed by atoms with Crippen molar-refractivity contribution in [3.8, 4) is 0 Å². The molecule has 27 heavy (non-hydrogen) atoms. The number of hydrogen-bond acceptors (Lipinski definition) is 6. The minimum atomic E-state index is 0.00950. The molecule has 0 unspecified atom stereocenters. The molecular formula is C19H20BrN5OS. The Bertz CT molecular complexity index is 968. The van der Waals surface area contributed by atoms with Crippen molar-refractivity contribution in [3.63, 3.8) is 0 Å². The van der Waals surface area contributed by atoms with Crippen LogP contribution in [-0.4, -0.2) is 53.5 Å². The summed E-state index contributed by atoms with van der Waals surface area (Å²) in [5.41, 5.74) is 1.96. The first-order valence-corrected chi connectivity index (χ1v) is 10.5. The Labute approximate surface area is 170 Å². The summed E-state index contributed by atoms with van der Waals surface area (Å²) in [5.74, 6) is 1.00. The van der Waals surface area contributed by atoms with Gasteiger partial charge in [0, 0.05) is 30.7 Å². The minimum Gasteiger partial charge on any atom is -0.353 e. The number of nitrogens with zero attached hydrogens (tertiary/aromatic N) is 4. The van der Waals surface area contributed by atoms with Gasteiger partial charge in [0.15, 0.2) is 0 Å². The molecule has 0 saturated carbocycles. The van der Waals surface area contributed by atoms with Crippen LogP contribution >= 0.6 is 27.3 Å². The summed E-state index contributed by atoms with van der Waals surface area (Å²) in [6, 6.07) is 8.00. The van der Waals surface area contributed by atoms with Crippen LogP contribution in [0.2, 0.25) is 0 Å². The topological polar surface area (TPSA) is 61.4 Å². The number of aryl methyl sites for hydroxylation is 1. The molecule has 1 amide bonds. The van der Waals surface area contributed by atoms with Crippen molar-refractivity contribution in [3.05, 3.63) is 46.0 Å². The third-order valence-electron chi connectivity index (χ3n) is 4.68. The summed E-state index contributed by atoms with van der Waals surface area (Å²) in [6.45, 7) is 5.78. The highest BCUT2D eigenvalue weighted by molar-refractivity contribution is 9.10. The Balaban J connectivity index is 1.34. The number of thiophene rings is 1. The summed E-state index contributed by atoms with van der Waals surface area (Å²) >= 11 is 5.14. The largest absolute Gasteiger partial charge is 0.353 e. The van der Waals surface area contributed by atoms with Crippen LogP contribution in [0.5, 0.6) is 0 Å². The van der Waals surface area contributed by atoms with E-state index in [0.717, 1.165) is 57.9 Å². The van der Waals surface area contributed by atoms with Crippen molar-refractivity contribution < 1.29 is 4.79 Å². The molecule has 0 aliphatic carbocycles. The van der Waals surface area contributed by atoms with Gasteiger partial charge >= 0.3 is 0 Å². The van der Waals surface area contributed by atoms with Crippen LogP contribution in [0, 0.1) is 6.92 Å². The molecule has 3 heterocycles. The van der Waals surface area contributed by atoms with E-state index in [1.165, 1.54) is 0 Å². The third kappa shape index (κ3) is 4.12. The van der Waals surface area contributed by atoms with Crippen molar-refractivity contribution >= 4 is 54.9 Å². The van der Waals surface area contributed by atoms with Crippen LogP contribution in [-0.2, 0) is 4.79 Å². The van der Waals surface area contributed by atoms with E-state index in [2.05, 4.69) is 47.1 Å². The molecular weight excluding hydrogens is 426 g/mol. The molecule has 0 radical (unpaired) electrons. The molecule has 0 atom stereocenters. The number of carbonyl (C=O) groups excluding carboxylic acids is 1. The lowest BCUT2D eigenvalue weighted by molar-refractivity contribution is -0.117. The fraction of sp³-hybridized carbons (Fsp3) is 0.316. The van der Waals surface area contributed by atoms with Gasteiger partial charge < -0.3 is 10.2 Å². The second-order valence-electron chi connectivity index (χ2n) is 6.63. The number of hydrogen-bond donors (Lipinski definition) is 1. The van der Waals surface area contributed by atoms with E-state index in [9.17, 15) is 4.79 Å². The van der Waals surface area contributed by atoms with E-state index in [1.807, 2.05) is 30.5 Å². The highest BCUT2D eigenvalue weighted by Crippen LogP contribution is 2.27. The zero-order chi connectivity index (χ0) is 18.8. The number of anilines is 2. The van der Waals surface area contributed by atoms with E-state index in [1.54, 1.807) is 17.7 Å². The molecule has 1 aliphatic rings. The molecule has 8 heteroatoms. The van der Waals surface area contributed by atoms with Crippen molar-refractivity contribution in [1.82, 2.24) is 14.9 Å². The molecule has 4 rings (SSSR count). The molecule has 1 N–H and O–H groups in total. The molecule has 1 aromatic carbocycles. The lowest BCUT2D eigenvalue weighted by Crippen LogP contribution is -2.49. The normalized spacial score (nSPS) is 15.3. The Hall–Kier alpha value is -2.03. The van der Waals surface area contributed by atoms with E-state index in [4.69, 9.17) is 0 Å². The van der Waals surface area contributed by atoms with Gasteiger partial charge in [-0.2, -0.15) is 0 Å². The number of piperazine rings is 1. The first kappa shape index (κ1) is 18.3. The zero-order valence-corrected chi connectivity index (χ0v) is 17.4. The zero-order valence-electron chi connectivity index (χ0n) is 15.0. The first-order chi connectivity index (χ1) is 13.1. The molecule has 3 aromatic rings. The Morgan fingerprint density at radius 3 is 2.81 bits per heavy atom. The summed E-state index contributed by atoms with van der Waals surface area (Å²) in [5, 5.41) is 6.15. The molecule has 6 nitrogen and oxygen atoms in total. The number of nitrogens with one attached hydrogen (secondary N) is 1. The Morgan fingerprint density at radius 2 is 2.04 bits per heavy atom. The van der Waals surface area contributed by atoms with Crippen molar-refractivity contribution in [2.75, 3.05) is 42.9 Å². The maximum absolute atomic E-state index is 12.4. The quantitative estimate of drug-likeness (QED) is 0.665. The maximum atomic E-state index is 12.4. The maximum Gasteiger partial charge on any atom is 0.238 e. The van der Waals surface area contributed by atoms with Gasteiger partial charge in [-0.25, -0.2) is 9.97 Å². The van der Waals surface area contributed by atoms with Crippen molar-refractivity contribution in [2.24, 2.45) is 0 Å². The monoisotopic (exact) mass is 445 g/mol. The molecule has 2 aromatic heterocycles. The molecule has 1 aliphatic heterocycles. The highest BCUT2D eigenvalue weighted by atomic mass is 79.9. The summed E-state index contributed by atoms with van der Waals surface area (Å²) in [7, 11) is 0. The van der Waals surface area contributed by atoms with Crippen LogP contribution in [0.4, 0.5) is 11.5 Å².